The number of carboxylic acids is 1. The van der Waals surface area contributed by atoms with Crippen molar-refractivity contribution in [2.45, 2.75) is 18.2 Å². The lowest BCUT2D eigenvalue weighted by atomic mass is 10.0. The molecule has 0 amide bonds. The van der Waals surface area contributed by atoms with Crippen LogP contribution in [0.2, 0.25) is 0 Å². The standard InChI is InChI=1S/C11H11BrO4/c1-2-8(12)10(14)6-3-4-9(13)7(5-6)11(15)16/h3-5,8,13H,2H2,1H3,(H,15,16). The van der Waals surface area contributed by atoms with Crippen LogP contribution in [-0.2, 0) is 0 Å². The van der Waals surface area contributed by atoms with Crippen molar-refractivity contribution >= 4 is 27.7 Å². The third kappa shape index (κ3) is 2.61. The van der Waals surface area contributed by atoms with Crippen molar-refractivity contribution in [1.82, 2.24) is 0 Å². The molecule has 0 fully saturated rings. The van der Waals surface area contributed by atoms with Crippen molar-refractivity contribution in [3.63, 3.8) is 0 Å². The van der Waals surface area contributed by atoms with Gasteiger partial charge in [-0.1, -0.05) is 22.9 Å². The van der Waals surface area contributed by atoms with Crippen LogP contribution in [0.4, 0.5) is 0 Å². The van der Waals surface area contributed by atoms with Gasteiger partial charge < -0.3 is 10.2 Å². The number of Topliss-reactive ketones (excluding diaryl/α,β-unsaturated/α-hetero) is 1. The van der Waals surface area contributed by atoms with Gasteiger partial charge in [0.1, 0.15) is 11.3 Å². The Morgan fingerprint density at radius 3 is 2.56 bits per heavy atom. The molecule has 0 aromatic heterocycles. The van der Waals surface area contributed by atoms with Crippen molar-refractivity contribution in [2.24, 2.45) is 0 Å². The highest BCUT2D eigenvalue weighted by Crippen LogP contribution is 2.21. The minimum absolute atomic E-state index is 0.190. The molecule has 0 heterocycles. The normalized spacial score (nSPS) is 12.1. The van der Waals surface area contributed by atoms with E-state index in [1.807, 2.05) is 6.92 Å². The highest BCUT2D eigenvalue weighted by Gasteiger charge is 2.18. The van der Waals surface area contributed by atoms with Crippen LogP contribution in [0.5, 0.6) is 5.75 Å². The molecule has 0 saturated heterocycles. The molecule has 0 spiro atoms. The van der Waals surface area contributed by atoms with E-state index in [2.05, 4.69) is 15.9 Å². The zero-order valence-electron chi connectivity index (χ0n) is 8.61. The number of ketones is 1. The summed E-state index contributed by atoms with van der Waals surface area (Å²) in [5, 5.41) is 18.1. The summed E-state index contributed by atoms with van der Waals surface area (Å²) in [5.74, 6) is -1.79. The summed E-state index contributed by atoms with van der Waals surface area (Å²) in [4.78, 5) is 22.2. The summed E-state index contributed by atoms with van der Waals surface area (Å²) < 4.78 is 0. The maximum Gasteiger partial charge on any atom is 0.339 e. The molecule has 4 nitrogen and oxygen atoms in total. The molecule has 1 rings (SSSR count). The van der Waals surface area contributed by atoms with Gasteiger partial charge in [-0.15, -0.1) is 0 Å². The SMILES string of the molecule is CCC(Br)C(=O)c1ccc(O)c(C(=O)O)c1. The van der Waals surface area contributed by atoms with Gasteiger partial charge in [-0.05, 0) is 24.6 Å². The van der Waals surface area contributed by atoms with Gasteiger partial charge >= 0.3 is 5.97 Å². The molecule has 0 radical (unpaired) electrons. The summed E-state index contributed by atoms with van der Waals surface area (Å²) in [5.41, 5.74) is 0.0144. The lowest BCUT2D eigenvalue weighted by Gasteiger charge is -2.07. The van der Waals surface area contributed by atoms with E-state index in [4.69, 9.17) is 5.11 Å². The number of aromatic carboxylic acids is 1. The van der Waals surface area contributed by atoms with Gasteiger partial charge in [0.2, 0.25) is 0 Å². The Kier molecular flexibility index (Phi) is 4.06. The first-order chi connectivity index (χ1) is 7.47. The fourth-order valence-corrected chi connectivity index (χ4v) is 1.49. The number of carbonyl (C=O) groups excluding carboxylic acids is 1. The Bertz CT molecular complexity index is 428. The second kappa shape index (κ2) is 5.12. The Morgan fingerprint density at radius 1 is 1.44 bits per heavy atom. The molecule has 0 saturated carbocycles. The maximum absolute atomic E-state index is 11.7. The number of carbonyl (C=O) groups is 2. The molecule has 5 heteroatoms. The number of aromatic hydroxyl groups is 1. The Hall–Kier alpha value is -1.36. The first kappa shape index (κ1) is 12.7. The number of hydrogen-bond acceptors (Lipinski definition) is 3. The van der Waals surface area contributed by atoms with E-state index in [9.17, 15) is 14.7 Å². The second-order valence-corrected chi connectivity index (χ2v) is 4.38. The van der Waals surface area contributed by atoms with Crippen LogP contribution in [0, 0.1) is 0 Å². The molecule has 86 valence electrons. The third-order valence-electron chi connectivity index (χ3n) is 2.15. The third-order valence-corrected chi connectivity index (χ3v) is 3.22. The molecule has 16 heavy (non-hydrogen) atoms. The maximum atomic E-state index is 11.7. The molecule has 0 aliphatic heterocycles. The average Bonchev–Trinajstić information content (AvgIpc) is 2.27. The quantitative estimate of drug-likeness (QED) is 0.659. The fourth-order valence-electron chi connectivity index (χ4n) is 1.23. The topological polar surface area (TPSA) is 74.6 Å². The van der Waals surface area contributed by atoms with E-state index in [-0.39, 0.29) is 27.5 Å². The van der Waals surface area contributed by atoms with Crippen LogP contribution < -0.4 is 0 Å². The Balaban J connectivity index is 3.13. The van der Waals surface area contributed by atoms with Crippen molar-refractivity contribution in [3.05, 3.63) is 29.3 Å². The van der Waals surface area contributed by atoms with Crippen molar-refractivity contribution < 1.29 is 19.8 Å². The predicted molar refractivity (Wildman–Crippen MR) is 62.4 cm³/mol. The van der Waals surface area contributed by atoms with Gasteiger partial charge in [-0.3, -0.25) is 4.79 Å². The van der Waals surface area contributed by atoms with Gasteiger partial charge in [-0.25, -0.2) is 4.79 Å². The molecular weight excluding hydrogens is 276 g/mol. The van der Waals surface area contributed by atoms with Gasteiger partial charge in [-0.2, -0.15) is 0 Å². The summed E-state index contributed by atoms with van der Waals surface area (Å²) >= 11 is 3.20. The van der Waals surface area contributed by atoms with Crippen LogP contribution in [0.15, 0.2) is 18.2 Å². The fraction of sp³-hybridized carbons (Fsp3) is 0.273. The molecule has 0 aliphatic carbocycles. The number of benzene rings is 1. The van der Waals surface area contributed by atoms with Crippen LogP contribution in [0.25, 0.3) is 0 Å². The van der Waals surface area contributed by atoms with Crippen LogP contribution in [0.1, 0.15) is 34.1 Å². The molecule has 2 N–H and O–H groups in total. The van der Waals surface area contributed by atoms with Gasteiger partial charge in [0.15, 0.2) is 5.78 Å². The van der Waals surface area contributed by atoms with E-state index in [1.54, 1.807) is 0 Å². The molecular formula is C11H11BrO4. The van der Waals surface area contributed by atoms with Crippen molar-refractivity contribution in [2.75, 3.05) is 0 Å². The Labute approximate surface area is 101 Å². The van der Waals surface area contributed by atoms with Crippen molar-refractivity contribution in [1.29, 1.82) is 0 Å². The van der Waals surface area contributed by atoms with Crippen LogP contribution in [0.3, 0.4) is 0 Å². The number of phenols is 1. The largest absolute Gasteiger partial charge is 0.507 e. The van der Waals surface area contributed by atoms with E-state index < -0.39 is 5.97 Å². The van der Waals surface area contributed by atoms with Gasteiger partial charge in [0.25, 0.3) is 0 Å². The number of hydrogen-bond donors (Lipinski definition) is 2. The molecule has 1 unspecified atom stereocenters. The average molecular weight is 287 g/mol. The van der Waals surface area contributed by atoms with Gasteiger partial charge in [0, 0.05) is 5.56 Å². The second-order valence-electron chi connectivity index (χ2n) is 3.28. The van der Waals surface area contributed by atoms with E-state index in [0.717, 1.165) is 0 Å². The van der Waals surface area contributed by atoms with E-state index in [1.165, 1.54) is 18.2 Å². The molecule has 0 aliphatic rings. The molecule has 1 atom stereocenters. The number of carboxylic acid groups (broad SMARTS) is 1. The molecule has 1 aromatic rings. The lowest BCUT2D eigenvalue weighted by molar-refractivity contribution is 0.0693. The van der Waals surface area contributed by atoms with Crippen LogP contribution >= 0.6 is 15.9 Å². The predicted octanol–water partition coefficient (Wildman–Crippen LogP) is 2.45. The molecule has 0 bridgehead atoms. The number of alkyl halides is 1. The zero-order chi connectivity index (χ0) is 12.3. The summed E-state index contributed by atoms with van der Waals surface area (Å²) in [6.07, 6.45) is 0.613. The number of rotatable bonds is 4. The smallest absolute Gasteiger partial charge is 0.339 e. The number of halogens is 1. The van der Waals surface area contributed by atoms with Crippen LogP contribution in [-0.4, -0.2) is 26.8 Å². The van der Waals surface area contributed by atoms with Gasteiger partial charge in [0.05, 0.1) is 4.83 Å². The highest BCUT2D eigenvalue weighted by molar-refractivity contribution is 9.10. The van der Waals surface area contributed by atoms with E-state index in [0.29, 0.717) is 6.42 Å². The monoisotopic (exact) mass is 286 g/mol. The highest BCUT2D eigenvalue weighted by atomic mass is 79.9. The molecule has 1 aromatic carbocycles. The minimum atomic E-state index is -1.25. The summed E-state index contributed by atoms with van der Waals surface area (Å²) in [6.45, 7) is 1.84. The van der Waals surface area contributed by atoms with Crippen molar-refractivity contribution in [3.8, 4) is 5.75 Å². The first-order valence-corrected chi connectivity index (χ1v) is 5.63. The zero-order valence-corrected chi connectivity index (χ0v) is 10.2. The first-order valence-electron chi connectivity index (χ1n) is 4.72. The summed E-state index contributed by atoms with van der Waals surface area (Å²) in [6, 6.07) is 3.81. The lowest BCUT2D eigenvalue weighted by Crippen LogP contribution is -2.13. The summed E-state index contributed by atoms with van der Waals surface area (Å²) in [7, 11) is 0. The minimum Gasteiger partial charge on any atom is -0.507 e. The van der Waals surface area contributed by atoms with E-state index >= 15 is 0 Å². The Morgan fingerprint density at radius 2 is 2.06 bits per heavy atom.